The predicted molar refractivity (Wildman–Crippen MR) is 108 cm³/mol. The van der Waals surface area contributed by atoms with Crippen molar-refractivity contribution in [1.82, 2.24) is 14.5 Å². The minimum absolute atomic E-state index is 0.0441. The second-order valence-corrected chi connectivity index (χ2v) is 7.63. The number of carboxylic acids is 1. The van der Waals surface area contributed by atoms with E-state index in [1.807, 2.05) is 54.6 Å². The molecule has 0 atom stereocenters. The summed E-state index contributed by atoms with van der Waals surface area (Å²) in [4.78, 5) is 20.0. The van der Waals surface area contributed by atoms with Crippen LogP contribution in [0.4, 0.5) is 0 Å². The van der Waals surface area contributed by atoms with E-state index in [1.165, 1.54) is 11.8 Å². The Morgan fingerprint density at radius 1 is 1.12 bits per heavy atom. The highest BCUT2D eigenvalue weighted by atomic mass is 79.9. The monoisotopic (exact) mass is 447 g/mol. The third-order valence-electron chi connectivity index (χ3n) is 3.45. The molecule has 26 heavy (non-hydrogen) atoms. The molecule has 132 valence electrons. The number of aromatic nitrogens is 3. The molecule has 3 rings (SSSR count). The summed E-state index contributed by atoms with van der Waals surface area (Å²) < 4.78 is 3.09. The Labute approximate surface area is 168 Å². The first kappa shape index (κ1) is 18.8. The van der Waals surface area contributed by atoms with Crippen molar-refractivity contribution in [2.75, 3.05) is 5.75 Å². The SMILES string of the molecule is O=C(O)CCSc1nc(-c2ccccc2)nc(=S)n1-c1ccc(Br)cc1. The molecule has 0 bridgehead atoms. The maximum Gasteiger partial charge on any atom is 0.304 e. The van der Waals surface area contributed by atoms with E-state index in [2.05, 4.69) is 25.9 Å². The average Bonchev–Trinajstić information content (AvgIpc) is 2.63. The Kier molecular flexibility index (Phi) is 6.18. The molecule has 0 aliphatic heterocycles. The number of hydrogen-bond acceptors (Lipinski definition) is 5. The van der Waals surface area contributed by atoms with Gasteiger partial charge >= 0.3 is 5.97 Å². The number of halogens is 1. The first-order valence-corrected chi connectivity index (χ1v) is 9.90. The molecule has 5 nitrogen and oxygen atoms in total. The van der Waals surface area contributed by atoms with E-state index in [0.717, 1.165) is 15.7 Å². The Hall–Kier alpha value is -2.03. The van der Waals surface area contributed by atoms with Crippen molar-refractivity contribution in [3.8, 4) is 17.1 Å². The van der Waals surface area contributed by atoms with Crippen LogP contribution in [0.3, 0.4) is 0 Å². The van der Waals surface area contributed by atoms with Gasteiger partial charge in [-0.15, -0.1) is 0 Å². The van der Waals surface area contributed by atoms with Gasteiger partial charge in [-0.2, -0.15) is 4.98 Å². The fraction of sp³-hybridized carbons (Fsp3) is 0.111. The van der Waals surface area contributed by atoms with Crippen molar-refractivity contribution in [2.45, 2.75) is 11.6 Å². The van der Waals surface area contributed by atoms with Gasteiger partial charge in [-0.3, -0.25) is 9.36 Å². The van der Waals surface area contributed by atoms with Gasteiger partial charge in [0.05, 0.1) is 12.1 Å². The highest BCUT2D eigenvalue weighted by molar-refractivity contribution is 9.10. The van der Waals surface area contributed by atoms with Crippen LogP contribution in [-0.4, -0.2) is 31.4 Å². The van der Waals surface area contributed by atoms with E-state index in [0.29, 0.717) is 21.5 Å². The number of nitrogens with zero attached hydrogens (tertiary/aromatic N) is 3. The van der Waals surface area contributed by atoms with Crippen LogP contribution in [0.25, 0.3) is 17.1 Å². The smallest absolute Gasteiger partial charge is 0.304 e. The molecule has 0 unspecified atom stereocenters. The second-order valence-electron chi connectivity index (χ2n) is 5.28. The normalized spacial score (nSPS) is 10.7. The molecule has 0 aliphatic carbocycles. The Balaban J connectivity index is 2.08. The number of rotatable bonds is 6. The van der Waals surface area contributed by atoms with E-state index in [-0.39, 0.29) is 6.42 Å². The Morgan fingerprint density at radius 3 is 2.46 bits per heavy atom. The summed E-state index contributed by atoms with van der Waals surface area (Å²) in [5.74, 6) is 0.0803. The highest BCUT2D eigenvalue weighted by Gasteiger charge is 2.13. The number of thioether (sulfide) groups is 1. The summed E-state index contributed by atoms with van der Waals surface area (Å²) >= 11 is 10.3. The highest BCUT2D eigenvalue weighted by Crippen LogP contribution is 2.25. The number of carboxylic acid groups (broad SMARTS) is 1. The molecule has 1 N–H and O–H groups in total. The van der Waals surface area contributed by atoms with Gasteiger partial charge in [-0.1, -0.05) is 58.0 Å². The lowest BCUT2D eigenvalue weighted by atomic mass is 10.2. The van der Waals surface area contributed by atoms with Crippen LogP contribution < -0.4 is 0 Å². The minimum atomic E-state index is -0.844. The van der Waals surface area contributed by atoms with E-state index in [1.54, 1.807) is 4.57 Å². The van der Waals surface area contributed by atoms with Crippen molar-refractivity contribution >= 4 is 45.9 Å². The number of aliphatic carboxylic acids is 1. The topological polar surface area (TPSA) is 68.0 Å². The summed E-state index contributed by atoms with van der Waals surface area (Å²) in [7, 11) is 0. The zero-order valence-corrected chi connectivity index (χ0v) is 16.7. The van der Waals surface area contributed by atoms with Gasteiger partial charge in [0.25, 0.3) is 0 Å². The third kappa shape index (κ3) is 4.57. The van der Waals surface area contributed by atoms with Crippen LogP contribution in [0.2, 0.25) is 0 Å². The summed E-state index contributed by atoms with van der Waals surface area (Å²) in [5.41, 5.74) is 1.69. The van der Waals surface area contributed by atoms with Crippen LogP contribution in [0.1, 0.15) is 6.42 Å². The van der Waals surface area contributed by atoms with Crippen LogP contribution in [0, 0.1) is 4.77 Å². The zero-order chi connectivity index (χ0) is 18.5. The zero-order valence-electron chi connectivity index (χ0n) is 13.5. The van der Waals surface area contributed by atoms with Gasteiger partial charge in [0.1, 0.15) is 0 Å². The molecule has 0 spiro atoms. The van der Waals surface area contributed by atoms with Gasteiger partial charge in [-0.05, 0) is 36.5 Å². The first-order valence-electron chi connectivity index (χ1n) is 7.71. The molecule has 0 saturated heterocycles. The van der Waals surface area contributed by atoms with Gasteiger partial charge in [0.2, 0.25) is 4.77 Å². The van der Waals surface area contributed by atoms with Crippen LogP contribution in [0.15, 0.2) is 64.2 Å². The fourth-order valence-corrected chi connectivity index (χ4v) is 3.77. The van der Waals surface area contributed by atoms with Crippen LogP contribution in [-0.2, 0) is 4.79 Å². The van der Waals surface area contributed by atoms with E-state index >= 15 is 0 Å². The summed E-state index contributed by atoms with van der Waals surface area (Å²) in [6, 6.07) is 17.2. The van der Waals surface area contributed by atoms with Crippen LogP contribution in [0.5, 0.6) is 0 Å². The Bertz CT molecular complexity index is 976. The lowest BCUT2D eigenvalue weighted by Crippen LogP contribution is -2.08. The molecule has 0 aliphatic rings. The maximum atomic E-state index is 10.9. The molecule has 0 fully saturated rings. The fourth-order valence-electron chi connectivity index (χ4n) is 2.24. The largest absolute Gasteiger partial charge is 0.481 e. The molecule has 1 heterocycles. The van der Waals surface area contributed by atoms with Gasteiger partial charge in [0.15, 0.2) is 11.0 Å². The maximum absolute atomic E-state index is 10.9. The van der Waals surface area contributed by atoms with Crippen molar-refractivity contribution in [3.05, 3.63) is 63.8 Å². The summed E-state index contributed by atoms with van der Waals surface area (Å²) in [6.07, 6.45) is 0.0441. The molecule has 0 amide bonds. The van der Waals surface area contributed by atoms with E-state index in [9.17, 15) is 4.79 Å². The van der Waals surface area contributed by atoms with Gasteiger partial charge < -0.3 is 5.11 Å². The van der Waals surface area contributed by atoms with E-state index < -0.39 is 5.97 Å². The lowest BCUT2D eigenvalue weighted by Gasteiger charge is -2.13. The molecule has 3 aromatic rings. The molecule has 8 heteroatoms. The van der Waals surface area contributed by atoms with Gasteiger partial charge in [-0.25, -0.2) is 4.98 Å². The molecular weight excluding hydrogens is 434 g/mol. The first-order chi connectivity index (χ1) is 12.5. The number of benzene rings is 2. The summed E-state index contributed by atoms with van der Waals surface area (Å²) in [6.45, 7) is 0. The standard InChI is InChI=1S/C18H14BrN3O2S2/c19-13-6-8-14(9-7-13)22-17(25)20-16(12-4-2-1-3-5-12)21-18(22)26-11-10-15(23)24/h1-9H,10-11H2,(H,23,24). The van der Waals surface area contributed by atoms with Crippen molar-refractivity contribution in [1.29, 1.82) is 0 Å². The van der Waals surface area contributed by atoms with Crippen LogP contribution >= 0.6 is 39.9 Å². The van der Waals surface area contributed by atoms with Crippen molar-refractivity contribution < 1.29 is 9.90 Å². The Morgan fingerprint density at radius 2 is 1.81 bits per heavy atom. The third-order valence-corrected chi connectivity index (χ3v) is 5.19. The second kappa shape index (κ2) is 8.57. The predicted octanol–water partition coefficient (Wildman–Crippen LogP) is 4.99. The molecular formula is C18H14BrN3O2S2. The van der Waals surface area contributed by atoms with Crippen molar-refractivity contribution in [3.63, 3.8) is 0 Å². The molecule has 0 radical (unpaired) electrons. The quantitative estimate of drug-likeness (QED) is 0.423. The summed E-state index contributed by atoms with van der Waals surface area (Å²) in [5, 5.41) is 9.53. The van der Waals surface area contributed by atoms with Crippen molar-refractivity contribution in [2.24, 2.45) is 0 Å². The molecule has 0 saturated carbocycles. The molecule has 1 aromatic heterocycles. The molecule has 2 aromatic carbocycles. The number of carbonyl (C=O) groups is 1. The van der Waals surface area contributed by atoms with E-state index in [4.69, 9.17) is 17.3 Å². The van der Waals surface area contributed by atoms with Gasteiger partial charge in [0, 0.05) is 15.8 Å². The number of hydrogen-bond donors (Lipinski definition) is 1. The average molecular weight is 448 g/mol. The lowest BCUT2D eigenvalue weighted by molar-refractivity contribution is -0.136. The minimum Gasteiger partial charge on any atom is -0.481 e.